The average Bonchev–Trinajstić information content (AvgIpc) is 3.59. The maximum Gasteiger partial charge on any atom is 0.410 e. The predicted molar refractivity (Wildman–Crippen MR) is 108 cm³/mol. The van der Waals surface area contributed by atoms with Crippen molar-refractivity contribution in [2.75, 3.05) is 25.6 Å². The van der Waals surface area contributed by atoms with Crippen LogP contribution in [-0.4, -0.2) is 49.6 Å². The lowest BCUT2D eigenvalue weighted by Crippen LogP contribution is -2.42. The van der Waals surface area contributed by atoms with E-state index in [-0.39, 0.29) is 11.9 Å². The van der Waals surface area contributed by atoms with Crippen molar-refractivity contribution >= 4 is 23.6 Å². The molecule has 7 nitrogen and oxygen atoms in total. The highest BCUT2D eigenvalue weighted by Gasteiger charge is 2.34. The van der Waals surface area contributed by atoms with Gasteiger partial charge in [-0.3, -0.25) is 9.59 Å². The molecule has 1 heterocycles. The van der Waals surface area contributed by atoms with Crippen LogP contribution < -0.4 is 10.2 Å². The molecule has 0 saturated heterocycles. The van der Waals surface area contributed by atoms with Gasteiger partial charge >= 0.3 is 6.09 Å². The summed E-state index contributed by atoms with van der Waals surface area (Å²) in [6.45, 7) is -0.432. The number of benzene rings is 2. The number of carbonyl (C=O) groups excluding carboxylic acids is 3. The summed E-state index contributed by atoms with van der Waals surface area (Å²) in [7, 11) is 3.35. The molecule has 1 saturated carbocycles. The quantitative estimate of drug-likeness (QED) is 0.866. The van der Waals surface area contributed by atoms with Gasteiger partial charge in [0.1, 0.15) is 6.04 Å². The summed E-state index contributed by atoms with van der Waals surface area (Å²) in [5, 5.41) is 2.74. The van der Waals surface area contributed by atoms with E-state index in [1.54, 1.807) is 19.0 Å². The van der Waals surface area contributed by atoms with Gasteiger partial charge in [0.15, 0.2) is 6.61 Å². The van der Waals surface area contributed by atoms with Gasteiger partial charge in [-0.25, -0.2) is 4.79 Å². The number of hydrogen-bond donors (Lipinski definition) is 1. The Hall–Kier alpha value is -3.35. The lowest BCUT2D eigenvalue weighted by molar-refractivity contribution is -0.129. The summed E-state index contributed by atoms with van der Waals surface area (Å²) < 4.78 is 5.10. The fourth-order valence-corrected chi connectivity index (χ4v) is 3.62. The molecule has 0 spiro atoms. The Morgan fingerprint density at radius 2 is 1.76 bits per heavy atom. The highest BCUT2D eigenvalue weighted by Crippen LogP contribution is 2.39. The number of hydrogen-bond acceptors (Lipinski definition) is 4. The minimum atomic E-state index is -0.865. The van der Waals surface area contributed by atoms with Crippen LogP contribution in [0.5, 0.6) is 0 Å². The fraction of sp³-hybridized carbons (Fsp3) is 0.318. The summed E-state index contributed by atoms with van der Waals surface area (Å²) in [5.74, 6) is -0.771. The number of para-hydroxylation sites is 1. The maximum atomic E-state index is 13.1. The molecule has 1 aliphatic heterocycles. The summed E-state index contributed by atoms with van der Waals surface area (Å²) >= 11 is 0. The summed E-state index contributed by atoms with van der Waals surface area (Å²) in [5.41, 5.74) is 3.30. The minimum Gasteiger partial charge on any atom is -0.439 e. The molecule has 1 unspecified atom stereocenters. The maximum absolute atomic E-state index is 13.1. The SMILES string of the molecule is CN1C(=O)C(NC(=O)COC(=O)N(C)C2CC2)c2ccccc2-c2ccccc21. The molecule has 0 radical (unpaired) electrons. The number of amides is 3. The van der Waals surface area contributed by atoms with Crippen LogP contribution >= 0.6 is 0 Å². The number of likely N-dealkylation sites (N-methyl/N-ethyl adjacent to an activating group) is 1. The number of carbonyl (C=O) groups is 3. The number of ether oxygens (including phenoxy) is 1. The van der Waals surface area contributed by atoms with E-state index in [0.717, 1.165) is 29.7 Å². The monoisotopic (exact) mass is 393 g/mol. The molecule has 1 N–H and O–H groups in total. The van der Waals surface area contributed by atoms with Gasteiger partial charge in [-0.15, -0.1) is 0 Å². The summed E-state index contributed by atoms with van der Waals surface area (Å²) in [4.78, 5) is 40.7. The fourth-order valence-electron chi connectivity index (χ4n) is 3.62. The van der Waals surface area contributed by atoms with Crippen LogP contribution in [0.3, 0.4) is 0 Å². The number of rotatable bonds is 4. The Bertz CT molecular complexity index is 970. The molecular formula is C22H23N3O4. The van der Waals surface area contributed by atoms with Crippen molar-refractivity contribution in [2.45, 2.75) is 24.9 Å². The highest BCUT2D eigenvalue weighted by atomic mass is 16.6. The van der Waals surface area contributed by atoms with Crippen molar-refractivity contribution in [3.63, 3.8) is 0 Å². The van der Waals surface area contributed by atoms with Gasteiger partial charge in [-0.1, -0.05) is 42.5 Å². The predicted octanol–water partition coefficient (Wildman–Crippen LogP) is 2.72. The first-order chi connectivity index (χ1) is 14.0. The molecule has 150 valence electrons. The van der Waals surface area contributed by atoms with Crippen LogP contribution in [0.25, 0.3) is 11.1 Å². The van der Waals surface area contributed by atoms with E-state index < -0.39 is 24.6 Å². The number of nitrogens with one attached hydrogen (secondary N) is 1. The van der Waals surface area contributed by atoms with E-state index in [1.165, 1.54) is 4.90 Å². The normalized spacial score (nSPS) is 17.7. The van der Waals surface area contributed by atoms with Crippen molar-refractivity contribution in [1.29, 1.82) is 0 Å². The van der Waals surface area contributed by atoms with Gasteiger partial charge < -0.3 is 19.9 Å². The second-order valence-electron chi connectivity index (χ2n) is 7.40. The van der Waals surface area contributed by atoms with E-state index in [0.29, 0.717) is 5.56 Å². The molecule has 0 aromatic heterocycles. The average molecular weight is 393 g/mol. The minimum absolute atomic E-state index is 0.202. The molecule has 3 amide bonds. The topological polar surface area (TPSA) is 79.0 Å². The molecular weight excluding hydrogens is 370 g/mol. The number of anilines is 1. The molecule has 0 bridgehead atoms. The van der Waals surface area contributed by atoms with Crippen molar-refractivity contribution in [3.8, 4) is 11.1 Å². The first kappa shape index (κ1) is 19.0. The van der Waals surface area contributed by atoms with E-state index in [1.807, 2.05) is 48.5 Å². The Labute approximate surface area is 169 Å². The lowest BCUT2D eigenvalue weighted by Gasteiger charge is -2.23. The van der Waals surface area contributed by atoms with Crippen molar-refractivity contribution in [1.82, 2.24) is 10.2 Å². The van der Waals surface area contributed by atoms with Crippen molar-refractivity contribution < 1.29 is 19.1 Å². The van der Waals surface area contributed by atoms with Crippen LogP contribution in [0.2, 0.25) is 0 Å². The zero-order valence-corrected chi connectivity index (χ0v) is 16.4. The van der Waals surface area contributed by atoms with Gasteiger partial charge in [0.05, 0.1) is 5.69 Å². The molecule has 1 aliphatic carbocycles. The highest BCUT2D eigenvalue weighted by molar-refractivity contribution is 6.06. The van der Waals surface area contributed by atoms with Gasteiger partial charge in [0, 0.05) is 25.7 Å². The van der Waals surface area contributed by atoms with Crippen LogP contribution in [0.4, 0.5) is 10.5 Å². The molecule has 1 atom stereocenters. The molecule has 7 heteroatoms. The van der Waals surface area contributed by atoms with Gasteiger partial charge in [0.2, 0.25) is 0 Å². The van der Waals surface area contributed by atoms with E-state index >= 15 is 0 Å². The third-order valence-corrected chi connectivity index (χ3v) is 5.42. The van der Waals surface area contributed by atoms with E-state index in [4.69, 9.17) is 4.74 Å². The molecule has 2 aliphatic rings. The first-order valence-electron chi connectivity index (χ1n) is 9.62. The lowest BCUT2D eigenvalue weighted by atomic mass is 9.95. The number of nitrogens with zero attached hydrogens (tertiary/aromatic N) is 2. The third kappa shape index (κ3) is 3.68. The standard InChI is InChI=1S/C22H23N3O4/c1-24(14-11-12-14)22(28)29-13-19(26)23-20-17-9-4-3-7-15(17)16-8-5-6-10-18(16)25(2)21(20)27/h3-10,14,20H,11-13H2,1-2H3,(H,23,26). The van der Waals surface area contributed by atoms with Gasteiger partial charge in [-0.05, 0) is 30.0 Å². The van der Waals surface area contributed by atoms with Crippen molar-refractivity contribution in [3.05, 3.63) is 54.1 Å². The zero-order valence-electron chi connectivity index (χ0n) is 16.4. The zero-order chi connectivity index (χ0) is 20.5. The summed E-state index contributed by atoms with van der Waals surface area (Å²) in [6, 6.07) is 14.5. The van der Waals surface area contributed by atoms with Crippen LogP contribution in [-0.2, 0) is 14.3 Å². The molecule has 1 fully saturated rings. The van der Waals surface area contributed by atoms with Crippen molar-refractivity contribution in [2.24, 2.45) is 0 Å². The molecule has 29 heavy (non-hydrogen) atoms. The Kier molecular flexibility index (Phi) is 4.96. The Balaban J connectivity index is 1.55. The van der Waals surface area contributed by atoms with E-state index in [2.05, 4.69) is 5.32 Å². The second-order valence-corrected chi connectivity index (χ2v) is 7.40. The first-order valence-corrected chi connectivity index (χ1v) is 9.62. The second kappa shape index (κ2) is 7.58. The van der Waals surface area contributed by atoms with Crippen LogP contribution in [0, 0.1) is 0 Å². The third-order valence-electron chi connectivity index (χ3n) is 5.42. The molecule has 2 aromatic carbocycles. The van der Waals surface area contributed by atoms with Gasteiger partial charge in [-0.2, -0.15) is 0 Å². The summed E-state index contributed by atoms with van der Waals surface area (Å²) in [6.07, 6.45) is 1.38. The van der Waals surface area contributed by atoms with E-state index in [9.17, 15) is 14.4 Å². The molecule has 4 rings (SSSR count). The Morgan fingerprint density at radius 1 is 1.10 bits per heavy atom. The van der Waals surface area contributed by atoms with Crippen LogP contribution in [0.1, 0.15) is 24.4 Å². The largest absolute Gasteiger partial charge is 0.439 e. The smallest absolute Gasteiger partial charge is 0.410 e. The van der Waals surface area contributed by atoms with Crippen LogP contribution in [0.15, 0.2) is 48.5 Å². The number of fused-ring (bicyclic) bond motifs is 3. The Morgan fingerprint density at radius 3 is 2.48 bits per heavy atom. The van der Waals surface area contributed by atoms with Gasteiger partial charge in [0.25, 0.3) is 11.8 Å². The molecule has 2 aromatic rings.